The summed E-state index contributed by atoms with van der Waals surface area (Å²) < 4.78 is 37.0. The molecule has 78 valence electrons. The maximum Gasteiger partial charge on any atom is 0.417 e. The lowest BCUT2D eigenvalue weighted by Gasteiger charge is -2.12. The summed E-state index contributed by atoms with van der Waals surface area (Å²) in [6.45, 7) is 1.50. The summed E-state index contributed by atoms with van der Waals surface area (Å²) in [6.07, 6.45) is -4.54. The van der Waals surface area contributed by atoms with Crippen molar-refractivity contribution < 1.29 is 13.2 Å². The van der Waals surface area contributed by atoms with Crippen LogP contribution in [0.2, 0.25) is 15.1 Å². The highest BCUT2D eigenvalue weighted by molar-refractivity contribution is 6.44. The van der Waals surface area contributed by atoms with Gasteiger partial charge in [-0.1, -0.05) is 34.8 Å². The highest BCUT2D eigenvalue weighted by Gasteiger charge is 2.35. The molecule has 0 radical (unpaired) electrons. The van der Waals surface area contributed by atoms with E-state index in [-0.39, 0.29) is 10.0 Å². The third kappa shape index (κ3) is 2.10. The smallest absolute Gasteiger partial charge is 0.166 e. The molecule has 0 nitrogen and oxygen atoms in total. The van der Waals surface area contributed by atoms with E-state index in [9.17, 15) is 13.2 Å². The minimum Gasteiger partial charge on any atom is -0.166 e. The third-order valence-corrected chi connectivity index (χ3v) is 3.05. The Hall–Kier alpha value is -0.120. The Kier molecular flexibility index (Phi) is 3.24. The minimum absolute atomic E-state index is 0.0493. The molecule has 1 aromatic carbocycles. The molecule has 1 aromatic rings. The fraction of sp³-hybridized carbons (Fsp3) is 0.250. The molecule has 0 bridgehead atoms. The summed E-state index contributed by atoms with van der Waals surface area (Å²) in [4.78, 5) is 0. The normalized spacial score (nSPS) is 11.9. The first kappa shape index (κ1) is 12.0. The Balaban J connectivity index is 3.49. The molecule has 0 saturated heterocycles. The van der Waals surface area contributed by atoms with E-state index in [4.69, 9.17) is 34.8 Å². The molecule has 0 heterocycles. The monoisotopic (exact) mass is 262 g/mol. The summed E-state index contributed by atoms with van der Waals surface area (Å²) in [7, 11) is 0. The van der Waals surface area contributed by atoms with Crippen LogP contribution in [-0.4, -0.2) is 0 Å². The Labute approximate surface area is 93.6 Å². The first-order valence-electron chi connectivity index (χ1n) is 3.46. The molecular formula is C8H4Cl3F3. The quantitative estimate of drug-likeness (QED) is 0.579. The molecule has 0 amide bonds. The van der Waals surface area contributed by atoms with Crippen LogP contribution in [0.25, 0.3) is 0 Å². The Morgan fingerprint density at radius 2 is 1.57 bits per heavy atom. The summed E-state index contributed by atoms with van der Waals surface area (Å²) >= 11 is 16.6. The maximum absolute atomic E-state index is 12.3. The number of hydrogen-bond acceptors (Lipinski definition) is 0. The van der Waals surface area contributed by atoms with Crippen LogP contribution in [0.1, 0.15) is 11.1 Å². The SMILES string of the molecule is Cc1c(Cl)cc(C(F)(F)F)c(Cl)c1Cl. The van der Waals surface area contributed by atoms with Gasteiger partial charge in [-0.25, -0.2) is 0 Å². The molecule has 0 aliphatic rings. The highest BCUT2D eigenvalue weighted by Crippen LogP contribution is 2.42. The summed E-state index contributed by atoms with van der Waals surface area (Å²) in [5.74, 6) is 0. The van der Waals surface area contributed by atoms with E-state index in [0.29, 0.717) is 5.56 Å². The van der Waals surface area contributed by atoms with Crippen molar-refractivity contribution >= 4 is 34.8 Å². The number of hydrogen-bond donors (Lipinski definition) is 0. The standard InChI is InChI=1S/C8H4Cl3F3/c1-3-5(9)2-4(8(12,13)14)7(11)6(3)10/h2H,1H3. The largest absolute Gasteiger partial charge is 0.417 e. The van der Waals surface area contributed by atoms with E-state index < -0.39 is 16.8 Å². The van der Waals surface area contributed by atoms with Gasteiger partial charge in [-0.3, -0.25) is 0 Å². The van der Waals surface area contributed by atoms with E-state index in [1.54, 1.807) is 0 Å². The number of halogens is 6. The fourth-order valence-corrected chi connectivity index (χ4v) is 1.65. The van der Waals surface area contributed by atoms with Crippen molar-refractivity contribution in [3.05, 3.63) is 32.3 Å². The van der Waals surface area contributed by atoms with Crippen LogP contribution < -0.4 is 0 Å². The lowest BCUT2D eigenvalue weighted by atomic mass is 10.1. The van der Waals surface area contributed by atoms with Crippen molar-refractivity contribution in [1.82, 2.24) is 0 Å². The fourth-order valence-electron chi connectivity index (χ4n) is 0.892. The van der Waals surface area contributed by atoms with Crippen molar-refractivity contribution in [2.24, 2.45) is 0 Å². The van der Waals surface area contributed by atoms with Crippen molar-refractivity contribution in [1.29, 1.82) is 0 Å². The average Bonchev–Trinajstić information content (AvgIpc) is 2.06. The molecule has 0 fully saturated rings. The molecule has 0 spiro atoms. The van der Waals surface area contributed by atoms with Gasteiger partial charge in [-0.2, -0.15) is 13.2 Å². The summed E-state index contributed by atoms with van der Waals surface area (Å²) in [6, 6.07) is 0.769. The molecule has 0 atom stereocenters. The van der Waals surface area contributed by atoms with Gasteiger partial charge in [0.05, 0.1) is 15.6 Å². The van der Waals surface area contributed by atoms with Crippen LogP contribution in [0.5, 0.6) is 0 Å². The van der Waals surface area contributed by atoms with Gasteiger partial charge < -0.3 is 0 Å². The van der Waals surface area contributed by atoms with Gasteiger partial charge in [0.2, 0.25) is 0 Å². The second kappa shape index (κ2) is 3.80. The lowest BCUT2D eigenvalue weighted by Crippen LogP contribution is -2.06. The van der Waals surface area contributed by atoms with E-state index in [1.807, 2.05) is 0 Å². The van der Waals surface area contributed by atoms with Crippen LogP contribution in [0.3, 0.4) is 0 Å². The topological polar surface area (TPSA) is 0 Å². The van der Waals surface area contributed by atoms with Gasteiger partial charge in [-0.05, 0) is 18.6 Å². The molecule has 0 aliphatic carbocycles. The van der Waals surface area contributed by atoms with E-state index in [0.717, 1.165) is 6.07 Å². The zero-order chi connectivity index (χ0) is 11.1. The first-order chi connectivity index (χ1) is 6.25. The van der Waals surface area contributed by atoms with Crippen LogP contribution in [0, 0.1) is 6.92 Å². The summed E-state index contributed by atoms with van der Waals surface area (Å²) in [5.41, 5.74) is -0.675. The predicted octanol–water partition coefficient (Wildman–Crippen LogP) is 4.97. The zero-order valence-corrected chi connectivity index (χ0v) is 9.11. The molecule has 0 N–H and O–H groups in total. The second-order valence-electron chi connectivity index (χ2n) is 2.66. The molecule has 14 heavy (non-hydrogen) atoms. The average molecular weight is 263 g/mol. The number of alkyl halides is 3. The predicted molar refractivity (Wildman–Crippen MR) is 51.2 cm³/mol. The minimum atomic E-state index is -4.54. The zero-order valence-electron chi connectivity index (χ0n) is 6.85. The number of benzene rings is 1. The Bertz CT molecular complexity index is 371. The van der Waals surface area contributed by atoms with Gasteiger partial charge in [0.1, 0.15) is 0 Å². The van der Waals surface area contributed by atoms with Crippen LogP contribution in [0.15, 0.2) is 6.07 Å². The molecule has 0 saturated carbocycles. The lowest BCUT2D eigenvalue weighted by molar-refractivity contribution is -0.137. The molecular weight excluding hydrogens is 259 g/mol. The van der Waals surface area contributed by atoms with Crippen molar-refractivity contribution in [3.8, 4) is 0 Å². The van der Waals surface area contributed by atoms with Crippen LogP contribution in [0.4, 0.5) is 13.2 Å². The van der Waals surface area contributed by atoms with Crippen molar-refractivity contribution in [3.63, 3.8) is 0 Å². The van der Waals surface area contributed by atoms with Crippen molar-refractivity contribution in [2.45, 2.75) is 13.1 Å². The Morgan fingerprint density at radius 1 is 1.07 bits per heavy atom. The molecule has 1 rings (SSSR count). The molecule has 6 heteroatoms. The van der Waals surface area contributed by atoms with Crippen LogP contribution in [-0.2, 0) is 6.18 Å². The molecule has 0 aliphatic heterocycles. The van der Waals surface area contributed by atoms with Crippen LogP contribution >= 0.6 is 34.8 Å². The van der Waals surface area contributed by atoms with Gasteiger partial charge in [0.25, 0.3) is 0 Å². The van der Waals surface area contributed by atoms with Gasteiger partial charge in [0.15, 0.2) is 0 Å². The van der Waals surface area contributed by atoms with Gasteiger partial charge in [-0.15, -0.1) is 0 Å². The first-order valence-corrected chi connectivity index (χ1v) is 4.60. The van der Waals surface area contributed by atoms with Gasteiger partial charge >= 0.3 is 6.18 Å². The van der Waals surface area contributed by atoms with Crippen molar-refractivity contribution in [2.75, 3.05) is 0 Å². The molecule has 0 aromatic heterocycles. The van der Waals surface area contributed by atoms with E-state index >= 15 is 0 Å². The second-order valence-corrected chi connectivity index (χ2v) is 3.82. The Morgan fingerprint density at radius 3 is 2.00 bits per heavy atom. The molecule has 0 unspecified atom stereocenters. The third-order valence-electron chi connectivity index (χ3n) is 1.69. The summed E-state index contributed by atoms with van der Waals surface area (Å²) in [5, 5.41) is -0.723. The maximum atomic E-state index is 12.3. The van der Waals surface area contributed by atoms with E-state index in [1.165, 1.54) is 6.92 Å². The number of rotatable bonds is 0. The van der Waals surface area contributed by atoms with E-state index in [2.05, 4.69) is 0 Å². The van der Waals surface area contributed by atoms with Gasteiger partial charge in [0, 0.05) is 5.02 Å². The highest BCUT2D eigenvalue weighted by atomic mass is 35.5.